The Balaban J connectivity index is 1.60. The van der Waals surface area contributed by atoms with Crippen LogP contribution in [-0.4, -0.2) is 25.6 Å². The predicted molar refractivity (Wildman–Crippen MR) is 86.6 cm³/mol. The molecule has 1 saturated heterocycles. The van der Waals surface area contributed by atoms with Gasteiger partial charge in [-0.05, 0) is 63.1 Å². The van der Waals surface area contributed by atoms with E-state index in [0.717, 1.165) is 63.1 Å². The molecule has 1 fully saturated rings. The van der Waals surface area contributed by atoms with Crippen molar-refractivity contribution in [3.63, 3.8) is 0 Å². The van der Waals surface area contributed by atoms with Crippen molar-refractivity contribution in [1.82, 2.24) is 10.6 Å². The number of halogens is 2. The van der Waals surface area contributed by atoms with Crippen LogP contribution in [-0.2, 0) is 0 Å². The summed E-state index contributed by atoms with van der Waals surface area (Å²) in [5.74, 6) is -1.58. The first-order valence-electron chi connectivity index (χ1n) is 8.54. The standard InChI is InChI=1S/C17H29F2N3/c18-17(19,12-14-8-11-21-13-14)9-4-2-1-3-6-15-7-5-10-22-16(15)20/h3,6,14,21-22H,1-2,4-5,7-13,20H2/b6-3-/t14-/m0/s1. The van der Waals surface area contributed by atoms with Crippen molar-refractivity contribution in [2.45, 2.75) is 57.3 Å². The Labute approximate surface area is 132 Å². The lowest BCUT2D eigenvalue weighted by Crippen LogP contribution is -2.26. The summed E-state index contributed by atoms with van der Waals surface area (Å²) in [4.78, 5) is 0. The second-order valence-electron chi connectivity index (χ2n) is 6.54. The molecular weight excluding hydrogens is 284 g/mol. The van der Waals surface area contributed by atoms with Gasteiger partial charge in [0.1, 0.15) is 0 Å². The van der Waals surface area contributed by atoms with E-state index >= 15 is 0 Å². The topological polar surface area (TPSA) is 50.1 Å². The first-order chi connectivity index (χ1) is 10.6. The fraction of sp³-hybridized carbons (Fsp3) is 0.765. The second-order valence-corrected chi connectivity index (χ2v) is 6.54. The smallest absolute Gasteiger partial charge is 0.248 e. The Morgan fingerprint density at radius 3 is 2.86 bits per heavy atom. The van der Waals surface area contributed by atoms with Crippen molar-refractivity contribution in [3.8, 4) is 0 Å². The lowest BCUT2D eigenvalue weighted by Gasteiger charge is -2.19. The van der Waals surface area contributed by atoms with E-state index in [1.54, 1.807) is 0 Å². The number of nitrogens with two attached hydrogens (primary N) is 1. The van der Waals surface area contributed by atoms with Gasteiger partial charge in [0.15, 0.2) is 0 Å². The molecule has 1 atom stereocenters. The summed E-state index contributed by atoms with van der Waals surface area (Å²) >= 11 is 0. The van der Waals surface area contributed by atoms with E-state index in [9.17, 15) is 8.78 Å². The van der Waals surface area contributed by atoms with Crippen molar-refractivity contribution in [2.24, 2.45) is 11.7 Å². The minimum absolute atomic E-state index is 0.0176. The maximum atomic E-state index is 13.8. The van der Waals surface area contributed by atoms with Crippen LogP contribution < -0.4 is 16.4 Å². The van der Waals surface area contributed by atoms with Gasteiger partial charge in [0, 0.05) is 19.4 Å². The number of hydrogen-bond acceptors (Lipinski definition) is 3. The number of hydrogen-bond donors (Lipinski definition) is 3. The van der Waals surface area contributed by atoms with E-state index < -0.39 is 5.92 Å². The highest BCUT2D eigenvalue weighted by atomic mass is 19.3. The van der Waals surface area contributed by atoms with Crippen LogP contribution >= 0.6 is 0 Å². The molecule has 126 valence electrons. The van der Waals surface area contributed by atoms with E-state index in [-0.39, 0.29) is 18.8 Å². The first-order valence-corrected chi connectivity index (χ1v) is 8.54. The summed E-state index contributed by atoms with van der Waals surface area (Å²) in [6.45, 7) is 2.58. The van der Waals surface area contributed by atoms with Crippen molar-refractivity contribution in [3.05, 3.63) is 23.5 Å². The quantitative estimate of drug-likeness (QED) is 0.603. The molecule has 0 aromatic rings. The molecule has 2 heterocycles. The normalized spacial score (nSPS) is 23.3. The molecule has 0 saturated carbocycles. The average Bonchev–Trinajstić information content (AvgIpc) is 2.96. The molecule has 0 aromatic heterocycles. The van der Waals surface area contributed by atoms with E-state index in [4.69, 9.17) is 5.73 Å². The molecule has 2 aliphatic rings. The molecule has 22 heavy (non-hydrogen) atoms. The molecule has 0 aliphatic carbocycles. The summed E-state index contributed by atoms with van der Waals surface area (Å²) in [5, 5.41) is 6.29. The van der Waals surface area contributed by atoms with Crippen molar-refractivity contribution in [2.75, 3.05) is 19.6 Å². The minimum atomic E-state index is -2.50. The van der Waals surface area contributed by atoms with Gasteiger partial charge < -0.3 is 16.4 Å². The van der Waals surface area contributed by atoms with E-state index in [1.165, 1.54) is 0 Å². The molecule has 0 radical (unpaired) electrons. The summed E-state index contributed by atoms with van der Waals surface area (Å²) in [6, 6.07) is 0. The van der Waals surface area contributed by atoms with Crippen molar-refractivity contribution in [1.29, 1.82) is 0 Å². The van der Waals surface area contributed by atoms with E-state index in [0.29, 0.717) is 6.42 Å². The van der Waals surface area contributed by atoms with Gasteiger partial charge in [-0.3, -0.25) is 0 Å². The van der Waals surface area contributed by atoms with Crippen molar-refractivity contribution >= 4 is 0 Å². The van der Waals surface area contributed by atoms with Gasteiger partial charge >= 0.3 is 0 Å². The molecule has 0 amide bonds. The SMILES string of the molecule is NC1=C(/C=C\CCCCC(F)(F)C[C@@H]2CCNC2)CCCN1. The molecule has 4 N–H and O–H groups in total. The van der Waals surface area contributed by atoms with Crippen LogP contribution in [0.2, 0.25) is 0 Å². The molecule has 2 aliphatic heterocycles. The molecule has 0 spiro atoms. The fourth-order valence-corrected chi connectivity index (χ4v) is 3.21. The number of unbranched alkanes of at least 4 members (excludes halogenated alkanes) is 2. The Morgan fingerprint density at radius 1 is 1.27 bits per heavy atom. The van der Waals surface area contributed by atoms with Crippen LogP contribution in [0.3, 0.4) is 0 Å². The Bertz CT molecular complexity index is 399. The molecule has 0 aromatic carbocycles. The Kier molecular flexibility index (Phi) is 6.68. The van der Waals surface area contributed by atoms with Crippen LogP contribution in [0.25, 0.3) is 0 Å². The van der Waals surface area contributed by atoms with Crippen LogP contribution in [0, 0.1) is 5.92 Å². The third-order valence-corrected chi connectivity index (χ3v) is 4.52. The highest BCUT2D eigenvalue weighted by Crippen LogP contribution is 2.31. The van der Waals surface area contributed by atoms with Gasteiger partial charge in [0.05, 0.1) is 5.82 Å². The molecule has 3 nitrogen and oxygen atoms in total. The largest absolute Gasteiger partial charge is 0.385 e. The maximum absolute atomic E-state index is 13.8. The number of rotatable bonds is 8. The van der Waals surface area contributed by atoms with Gasteiger partial charge in [0.2, 0.25) is 5.92 Å². The van der Waals surface area contributed by atoms with Crippen LogP contribution in [0.4, 0.5) is 8.78 Å². The average molecular weight is 313 g/mol. The third-order valence-electron chi connectivity index (χ3n) is 4.52. The number of nitrogens with one attached hydrogen (secondary N) is 2. The van der Waals surface area contributed by atoms with E-state index in [1.807, 2.05) is 6.08 Å². The zero-order valence-electron chi connectivity index (χ0n) is 13.3. The summed E-state index contributed by atoms with van der Waals surface area (Å²) in [6.07, 6.45) is 9.42. The summed E-state index contributed by atoms with van der Waals surface area (Å²) < 4.78 is 27.7. The highest BCUT2D eigenvalue weighted by Gasteiger charge is 2.32. The zero-order chi connectivity index (χ0) is 15.8. The number of alkyl halides is 2. The Morgan fingerprint density at radius 2 is 2.14 bits per heavy atom. The monoisotopic (exact) mass is 313 g/mol. The summed E-state index contributed by atoms with van der Waals surface area (Å²) in [5.41, 5.74) is 7.01. The lowest BCUT2D eigenvalue weighted by molar-refractivity contribution is -0.0307. The lowest BCUT2D eigenvalue weighted by atomic mass is 9.96. The van der Waals surface area contributed by atoms with Crippen LogP contribution in [0.15, 0.2) is 23.5 Å². The molecule has 0 unspecified atom stereocenters. The second kappa shape index (κ2) is 8.51. The third kappa shape index (κ3) is 5.95. The molecular formula is C17H29F2N3. The van der Waals surface area contributed by atoms with Gasteiger partial charge in [-0.2, -0.15) is 0 Å². The maximum Gasteiger partial charge on any atom is 0.248 e. The minimum Gasteiger partial charge on any atom is -0.385 e. The van der Waals surface area contributed by atoms with Crippen LogP contribution in [0.1, 0.15) is 51.4 Å². The van der Waals surface area contributed by atoms with Gasteiger partial charge in [0.25, 0.3) is 0 Å². The Hall–Kier alpha value is -1.10. The van der Waals surface area contributed by atoms with Gasteiger partial charge in [-0.15, -0.1) is 0 Å². The molecule has 5 heteroatoms. The molecule has 2 rings (SSSR count). The van der Waals surface area contributed by atoms with Gasteiger partial charge in [-0.25, -0.2) is 8.78 Å². The molecule has 0 bridgehead atoms. The number of allylic oxidation sites excluding steroid dienone is 3. The predicted octanol–water partition coefficient (Wildman–Crippen LogP) is 3.29. The van der Waals surface area contributed by atoms with Gasteiger partial charge in [-0.1, -0.05) is 12.2 Å². The first kappa shape index (κ1) is 17.3. The summed E-state index contributed by atoms with van der Waals surface area (Å²) in [7, 11) is 0. The highest BCUT2D eigenvalue weighted by molar-refractivity contribution is 5.24. The zero-order valence-corrected chi connectivity index (χ0v) is 13.3. The van der Waals surface area contributed by atoms with Crippen LogP contribution in [0.5, 0.6) is 0 Å². The van der Waals surface area contributed by atoms with Crippen molar-refractivity contribution < 1.29 is 8.78 Å². The fourth-order valence-electron chi connectivity index (χ4n) is 3.21. The van der Waals surface area contributed by atoms with E-state index in [2.05, 4.69) is 16.7 Å².